The van der Waals surface area contributed by atoms with E-state index in [-0.39, 0.29) is 5.25 Å². The lowest BCUT2D eigenvalue weighted by atomic mass is 10.1. The van der Waals surface area contributed by atoms with Gasteiger partial charge >= 0.3 is 0 Å². The molecule has 160 valence electrons. The molecule has 0 amide bonds. The lowest BCUT2D eigenvalue weighted by molar-refractivity contribution is 0.593. The number of aryl methyl sites for hydroxylation is 2. The van der Waals surface area contributed by atoms with Gasteiger partial charge in [0.2, 0.25) is 16.0 Å². The molecule has 3 aromatic heterocycles. The molecule has 1 saturated carbocycles. The average Bonchev–Trinajstić information content (AvgIpc) is 3.43. The first-order chi connectivity index (χ1) is 14.8. The number of hydrogen-bond acceptors (Lipinski definition) is 6. The molecule has 1 fully saturated rings. The van der Waals surface area contributed by atoms with Gasteiger partial charge in [-0.2, -0.15) is 5.10 Å². The first kappa shape index (κ1) is 19.6. The monoisotopic (exact) mass is 437 g/mol. The molecule has 0 unspecified atom stereocenters. The lowest BCUT2D eigenvalue weighted by Crippen LogP contribution is -2.29. The number of nitrogens with one attached hydrogen (secondary N) is 2. The van der Waals surface area contributed by atoms with E-state index in [0.717, 1.165) is 35.4 Å². The molecule has 9 nitrogen and oxygen atoms in total. The Hall–Kier alpha value is -3.40. The second-order valence-corrected chi connectivity index (χ2v) is 10.1. The predicted molar refractivity (Wildman–Crippen MR) is 120 cm³/mol. The predicted octanol–water partition coefficient (Wildman–Crippen LogP) is 3.41. The summed E-state index contributed by atoms with van der Waals surface area (Å²) in [5.74, 6) is 1.22. The van der Waals surface area contributed by atoms with Crippen LogP contribution >= 0.6 is 0 Å². The highest BCUT2D eigenvalue weighted by Gasteiger charge is 2.38. The maximum absolute atomic E-state index is 12.7. The summed E-state index contributed by atoms with van der Waals surface area (Å²) in [6, 6.07) is 11.2. The number of nitrogens with zero attached hydrogens (tertiary/aromatic N) is 5. The Labute approximate surface area is 180 Å². The molecule has 4 aromatic rings. The fraction of sp³-hybridized carbons (Fsp3) is 0.286. The topological polar surface area (TPSA) is 108 Å². The third-order valence-corrected chi connectivity index (χ3v) is 7.64. The number of H-pyrrole nitrogens is 1. The lowest BCUT2D eigenvalue weighted by Gasteiger charge is -2.20. The molecule has 0 bridgehead atoms. The van der Waals surface area contributed by atoms with Crippen LogP contribution < -0.4 is 9.62 Å². The Morgan fingerprint density at radius 3 is 2.68 bits per heavy atom. The maximum Gasteiger partial charge on any atom is 0.237 e. The van der Waals surface area contributed by atoms with Crippen molar-refractivity contribution >= 4 is 33.1 Å². The normalized spacial score (nSPS) is 14.2. The largest absolute Gasteiger partial charge is 0.308 e. The van der Waals surface area contributed by atoms with Crippen molar-refractivity contribution in [1.82, 2.24) is 24.6 Å². The molecule has 3 heterocycles. The number of hydrogen-bond donors (Lipinski definition) is 2. The zero-order valence-electron chi connectivity index (χ0n) is 17.5. The van der Waals surface area contributed by atoms with E-state index in [1.165, 1.54) is 4.31 Å². The van der Waals surface area contributed by atoms with Crippen LogP contribution in [-0.4, -0.2) is 45.3 Å². The Kier molecular flexibility index (Phi) is 4.47. The minimum atomic E-state index is -3.32. The first-order valence-electron chi connectivity index (χ1n) is 10.1. The van der Waals surface area contributed by atoms with Gasteiger partial charge in [0, 0.05) is 36.6 Å². The van der Waals surface area contributed by atoms with Crippen molar-refractivity contribution in [3.63, 3.8) is 0 Å². The molecule has 1 aromatic carbocycles. The van der Waals surface area contributed by atoms with Gasteiger partial charge in [0.25, 0.3) is 0 Å². The number of anilines is 3. The summed E-state index contributed by atoms with van der Waals surface area (Å²) in [5, 5.41) is 10.1. The van der Waals surface area contributed by atoms with Gasteiger partial charge in [0.1, 0.15) is 5.65 Å². The van der Waals surface area contributed by atoms with Crippen LogP contribution in [0.4, 0.5) is 17.5 Å². The summed E-state index contributed by atoms with van der Waals surface area (Å²) in [5.41, 5.74) is 4.64. The fourth-order valence-electron chi connectivity index (χ4n) is 3.54. The van der Waals surface area contributed by atoms with E-state index < -0.39 is 10.0 Å². The molecule has 0 atom stereocenters. The fourth-order valence-corrected chi connectivity index (χ4v) is 5.13. The van der Waals surface area contributed by atoms with E-state index in [2.05, 4.69) is 20.5 Å². The van der Waals surface area contributed by atoms with E-state index in [9.17, 15) is 8.42 Å². The quantitative estimate of drug-likeness (QED) is 0.479. The molecule has 5 rings (SSSR count). The molecule has 0 saturated heterocycles. The summed E-state index contributed by atoms with van der Waals surface area (Å²) >= 11 is 0. The summed E-state index contributed by atoms with van der Waals surface area (Å²) in [4.78, 5) is 9.37. The van der Waals surface area contributed by atoms with Gasteiger partial charge in [-0.1, -0.05) is 12.1 Å². The molecule has 10 heteroatoms. The van der Waals surface area contributed by atoms with Gasteiger partial charge in [-0.05, 0) is 38.8 Å². The second-order valence-electron chi connectivity index (χ2n) is 7.90. The van der Waals surface area contributed by atoms with Crippen LogP contribution in [0, 0.1) is 13.8 Å². The maximum atomic E-state index is 12.7. The third kappa shape index (κ3) is 3.63. The summed E-state index contributed by atoms with van der Waals surface area (Å²) in [6.45, 7) is 3.85. The van der Waals surface area contributed by atoms with E-state index in [1.54, 1.807) is 13.1 Å². The molecule has 0 aliphatic heterocycles. The minimum Gasteiger partial charge on any atom is -0.308 e. The van der Waals surface area contributed by atoms with Crippen LogP contribution in [0.15, 0.2) is 42.6 Å². The van der Waals surface area contributed by atoms with Gasteiger partial charge < -0.3 is 5.32 Å². The number of rotatable bonds is 6. The second kappa shape index (κ2) is 7.09. The van der Waals surface area contributed by atoms with Crippen LogP contribution in [-0.2, 0) is 10.0 Å². The number of aromatic amines is 1. The zero-order valence-corrected chi connectivity index (χ0v) is 18.3. The SMILES string of the molecule is Cc1cn2c(Nc3cc(C)[nH]n3)nc(-c3cccc(N(C)S(=O)(=O)C4CC4)c3)cc2n1. The Morgan fingerprint density at radius 2 is 1.97 bits per heavy atom. The van der Waals surface area contributed by atoms with Gasteiger partial charge in [-0.15, -0.1) is 0 Å². The highest BCUT2D eigenvalue weighted by Crippen LogP contribution is 2.34. The van der Waals surface area contributed by atoms with Gasteiger partial charge in [0.15, 0.2) is 5.82 Å². The van der Waals surface area contributed by atoms with E-state index in [0.29, 0.717) is 23.1 Å². The van der Waals surface area contributed by atoms with Crippen molar-refractivity contribution in [1.29, 1.82) is 0 Å². The van der Waals surface area contributed by atoms with Gasteiger partial charge in [-0.25, -0.2) is 18.4 Å². The Balaban J connectivity index is 1.57. The standard InChI is InChI=1S/C21H23N7O2S/c1-13-9-19(26-25-13)24-21-23-18(11-20-22-14(2)12-28(20)21)15-5-4-6-16(10-15)27(3)31(29,30)17-7-8-17/h4-6,9-12,17H,7-8H2,1-3H3,(H2,23,24,25,26). The number of imidazole rings is 1. The van der Waals surface area contributed by atoms with Crippen molar-refractivity contribution < 1.29 is 8.42 Å². The third-order valence-electron chi connectivity index (χ3n) is 5.35. The summed E-state index contributed by atoms with van der Waals surface area (Å²) in [7, 11) is -1.72. The number of sulfonamides is 1. The van der Waals surface area contributed by atoms with E-state index in [1.807, 2.05) is 54.8 Å². The van der Waals surface area contributed by atoms with E-state index in [4.69, 9.17) is 4.98 Å². The highest BCUT2D eigenvalue weighted by molar-refractivity contribution is 7.93. The van der Waals surface area contributed by atoms with Crippen LogP contribution in [0.2, 0.25) is 0 Å². The minimum absolute atomic E-state index is 0.267. The first-order valence-corrected chi connectivity index (χ1v) is 11.6. The molecular formula is C21H23N7O2S. The zero-order chi connectivity index (χ0) is 21.8. The molecular weight excluding hydrogens is 414 g/mol. The Bertz CT molecular complexity index is 1390. The van der Waals surface area contributed by atoms with Crippen molar-refractivity contribution in [3.8, 4) is 11.3 Å². The van der Waals surface area contributed by atoms with Crippen molar-refractivity contribution in [3.05, 3.63) is 54.0 Å². The smallest absolute Gasteiger partial charge is 0.237 e. The van der Waals surface area contributed by atoms with Crippen molar-refractivity contribution in [2.45, 2.75) is 31.9 Å². The molecule has 31 heavy (non-hydrogen) atoms. The summed E-state index contributed by atoms with van der Waals surface area (Å²) < 4.78 is 28.6. The average molecular weight is 438 g/mol. The van der Waals surface area contributed by atoms with Gasteiger partial charge in [0.05, 0.1) is 22.3 Å². The number of benzene rings is 1. The number of aromatic nitrogens is 5. The molecule has 0 spiro atoms. The number of fused-ring (bicyclic) bond motifs is 1. The summed E-state index contributed by atoms with van der Waals surface area (Å²) in [6.07, 6.45) is 3.36. The van der Waals surface area contributed by atoms with Crippen LogP contribution in [0.3, 0.4) is 0 Å². The molecule has 1 aliphatic rings. The highest BCUT2D eigenvalue weighted by atomic mass is 32.2. The Morgan fingerprint density at radius 1 is 1.16 bits per heavy atom. The van der Waals surface area contributed by atoms with Crippen LogP contribution in [0.1, 0.15) is 24.2 Å². The van der Waals surface area contributed by atoms with Crippen molar-refractivity contribution in [2.75, 3.05) is 16.7 Å². The molecule has 2 N–H and O–H groups in total. The molecule has 1 aliphatic carbocycles. The van der Waals surface area contributed by atoms with Crippen LogP contribution in [0.25, 0.3) is 16.9 Å². The van der Waals surface area contributed by atoms with Crippen molar-refractivity contribution in [2.24, 2.45) is 0 Å². The molecule has 0 radical (unpaired) electrons. The van der Waals surface area contributed by atoms with Crippen LogP contribution in [0.5, 0.6) is 0 Å². The van der Waals surface area contributed by atoms with Gasteiger partial charge in [-0.3, -0.25) is 13.8 Å². The van der Waals surface area contributed by atoms with E-state index >= 15 is 0 Å².